The molecule has 1 amide bonds. The van der Waals surface area contributed by atoms with Crippen LogP contribution in [0.15, 0.2) is 28.2 Å². The Hall–Kier alpha value is -1.71. The first kappa shape index (κ1) is 17.7. The minimum atomic E-state index is -3.02. The Balaban J connectivity index is 1.29. The molecule has 7 nitrogen and oxygen atoms in total. The minimum absolute atomic E-state index is 0.000473. The second-order valence-electron chi connectivity index (χ2n) is 6.82. The molecule has 0 aliphatic carbocycles. The Kier molecular flexibility index (Phi) is 4.85. The normalized spacial score (nSPS) is 23.4. The fourth-order valence-electron chi connectivity index (χ4n) is 3.50. The minimum Gasteiger partial charge on any atom is -0.462 e. The Bertz CT molecular complexity index is 868. The summed E-state index contributed by atoms with van der Waals surface area (Å²) in [4.78, 5) is 21.2. The second-order valence-corrected chi connectivity index (χ2v) is 9.91. The van der Waals surface area contributed by atoms with Gasteiger partial charge in [-0.25, -0.2) is 13.4 Å². The average Bonchev–Trinajstić information content (AvgIpc) is 3.35. The van der Waals surface area contributed by atoms with Gasteiger partial charge in [0.1, 0.15) is 0 Å². The summed E-state index contributed by atoms with van der Waals surface area (Å²) in [6, 6.07) is 3.75. The first-order valence-corrected chi connectivity index (χ1v) is 11.4. The molecule has 0 radical (unpaired) electrons. The van der Waals surface area contributed by atoms with E-state index in [-0.39, 0.29) is 23.3 Å². The molecule has 26 heavy (non-hydrogen) atoms. The van der Waals surface area contributed by atoms with Crippen LogP contribution in [-0.2, 0) is 21.2 Å². The molecular weight excluding hydrogens is 374 g/mol. The molecule has 1 atom stereocenters. The maximum Gasteiger partial charge on any atom is 0.226 e. The van der Waals surface area contributed by atoms with Gasteiger partial charge in [0.25, 0.3) is 0 Å². The molecule has 0 N–H and O–H groups in total. The Morgan fingerprint density at radius 3 is 2.77 bits per heavy atom. The fraction of sp³-hybridized carbons (Fsp3) is 0.529. The third-order valence-corrected chi connectivity index (χ3v) is 7.61. The molecule has 0 aromatic carbocycles. The highest BCUT2D eigenvalue weighted by molar-refractivity contribution is 7.91. The van der Waals surface area contributed by atoms with Gasteiger partial charge in [-0.2, -0.15) is 0 Å². The van der Waals surface area contributed by atoms with Gasteiger partial charge < -0.3 is 9.32 Å². The van der Waals surface area contributed by atoms with Crippen molar-refractivity contribution in [3.63, 3.8) is 0 Å². The molecule has 9 heteroatoms. The highest BCUT2D eigenvalue weighted by atomic mass is 32.2. The quantitative estimate of drug-likeness (QED) is 0.780. The largest absolute Gasteiger partial charge is 0.462 e. The summed E-state index contributed by atoms with van der Waals surface area (Å²) in [6.45, 7) is 3.59. The standard InChI is InChI=1S/C17H21N3O4S2/c21-17(13-3-9-26(22,23)12-13)20-6-4-19(5-7-20)10-14-11-25-16(18-14)15-2-1-8-24-15/h1-2,8,11,13H,3-7,9-10,12H2/t13-/m1/s1. The van der Waals surface area contributed by atoms with Gasteiger partial charge >= 0.3 is 0 Å². The molecule has 2 fully saturated rings. The summed E-state index contributed by atoms with van der Waals surface area (Å²) in [5, 5.41) is 2.92. The van der Waals surface area contributed by atoms with Crippen molar-refractivity contribution in [2.24, 2.45) is 5.92 Å². The number of piperazine rings is 1. The number of thiazole rings is 1. The molecule has 2 aromatic rings. The summed E-state index contributed by atoms with van der Waals surface area (Å²) in [6.07, 6.45) is 2.11. The number of carbonyl (C=O) groups is 1. The Labute approximate surface area is 156 Å². The number of sulfone groups is 1. The summed E-state index contributed by atoms with van der Waals surface area (Å²) < 4.78 is 28.5. The van der Waals surface area contributed by atoms with Gasteiger partial charge in [0.2, 0.25) is 5.91 Å². The van der Waals surface area contributed by atoms with Crippen LogP contribution in [0.2, 0.25) is 0 Å². The van der Waals surface area contributed by atoms with Crippen molar-refractivity contribution in [3.8, 4) is 10.8 Å². The number of hydrogen-bond acceptors (Lipinski definition) is 7. The van der Waals surface area contributed by atoms with Crippen LogP contribution in [0.5, 0.6) is 0 Å². The SMILES string of the molecule is O=C([C@@H]1CCS(=O)(=O)C1)N1CCN(Cc2csc(-c3ccco3)n2)CC1. The molecule has 0 bridgehead atoms. The first-order valence-electron chi connectivity index (χ1n) is 8.70. The van der Waals surface area contributed by atoms with Crippen molar-refractivity contribution in [2.75, 3.05) is 37.7 Å². The molecule has 2 aliphatic rings. The van der Waals surface area contributed by atoms with Gasteiger partial charge in [0.05, 0.1) is 29.4 Å². The van der Waals surface area contributed by atoms with Crippen molar-refractivity contribution >= 4 is 27.1 Å². The number of hydrogen-bond donors (Lipinski definition) is 0. The summed E-state index contributed by atoms with van der Waals surface area (Å²) in [5.74, 6) is 0.592. The molecule has 2 saturated heterocycles. The Morgan fingerprint density at radius 1 is 1.31 bits per heavy atom. The van der Waals surface area contributed by atoms with E-state index < -0.39 is 9.84 Å². The van der Waals surface area contributed by atoms with Gasteiger partial charge in [-0.15, -0.1) is 11.3 Å². The van der Waals surface area contributed by atoms with Crippen LogP contribution >= 0.6 is 11.3 Å². The van der Waals surface area contributed by atoms with E-state index in [1.54, 1.807) is 17.6 Å². The lowest BCUT2D eigenvalue weighted by Gasteiger charge is -2.35. The second kappa shape index (κ2) is 7.13. The predicted octanol–water partition coefficient (Wildman–Crippen LogP) is 1.48. The zero-order valence-electron chi connectivity index (χ0n) is 14.3. The van der Waals surface area contributed by atoms with Gasteiger partial charge in [-0.3, -0.25) is 9.69 Å². The zero-order chi connectivity index (χ0) is 18.1. The number of carbonyl (C=O) groups excluding carboxylic acids is 1. The molecular formula is C17H21N3O4S2. The topological polar surface area (TPSA) is 83.7 Å². The average molecular weight is 396 g/mol. The monoisotopic (exact) mass is 395 g/mol. The van der Waals surface area contributed by atoms with Crippen molar-refractivity contribution < 1.29 is 17.6 Å². The number of rotatable bonds is 4. The van der Waals surface area contributed by atoms with E-state index in [4.69, 9.17) is 4.42 Å². The lowest BCUT2D eigenvalue weighted by molar-refractivity contribution is -0.136. The van der Waals surface area contributed by atoms with Crippen LogP contribution < -0.4 is 0 Å². The number of nitrogens with zero attached hydrogens (tertiary/aromatic N) is 3. The van der Waals surface area contributed by atoms with Crippen molar-refractivity contribution in [3.05, 3.63) is 29.5 Å². The highest BCUT2D eigenvalue weighted by Gasteiger charge is 2.36. The van der Waals surface area contributed by atoms with E-state index >= 15 is 0 Å². The molecule has 0 saturated carbocycles. The van der Waals surface area contributed by atoms with Crippen molar-refractivity contribution in [2.45, 2.75) is 13.0 Å². The summed E-state index contributed by atoms with van der Waals surface area (Å²) in [7, 11) is -3.02. The third-order valence-electron chi connectivity index (χ3n) is 4.93. The van der Waals surface area contributed by atoms with Crippen molar-refractivity contribution in [1.29, 1.82) is 0 Å². The molecule has 2 aromatic heterocycles. The number of amides is 1. The van der Waals surface area contributed by atoms with Crippen LogP contribution in [0.4, 0.5) is 0 Å². The molecule has 4 rings (SSSR count). The molecule has 0 unspecified atom stereocenters. The Morgan fingerprint density at radius 2 is 2.12 bits per heavy atom. The van der Waals surface area contributed by atoms with Crippen LogP contribution in [0.25, 0.3) is 10.8 Å². The highest BCUT2D eigenvalue weighted by Crippen LogP contribution is 2.25. The van der Waals surface area contributed by atoms with Crippen LogP contribution in [0, 0.1) is 5.92 Å². The van der Waals surface area contributed by atoms with Gasteiger partial charge in [-0.1, -0.05) is 0 Å². The molecule has 2 aliphatic heterocycles. The van der Waals surface area contributed by atoms with E-state index in [1.165, 1.54) is 0 Å². The van der Waals surface area contributed by atoms with Crippen LogP contribution in [-0.4, -0.2) is 66.8 Å². The van der Waals surface area contributed by atoms with E-state index in [1.807, 2.05) is 22.4 Å². The number of aromatic nitrogens is 1. The molecule has 140 valence electrons. The third kappa shape index (κ3) is 3.84. The molecule has 4 heterocycles. The summed E-state index contributed by atoms with van der Waals surface area (Å²) >= 11 is 1.56. The molecule has 0 spiro atoms. The number of furan rings is 1. The maximum absolute atomic E-state index is 12.5. The van der Waals surface area contributed by atoms with Crippen LogP contribution in [0.3, 0.4) is 0 Å². The fourth-order valence-corrected chi connectivity index (χ4v) is 6.01. The van der Waals surface area contributed by atoms with E-state index in [9.17, 15) is 13.2 Å². The van der Waals surface area contributed by atoms with Gasteiger partial charge in [-0.05, 0) is 18.6 Å². The van der Waals surface area contributed by atoms with E-state index in [0.717, 1.165) is 36.1 Å². The predicted molar refractivity (Wildman–Crippen MR) is 98.4 cm³/mol. The first-order chi connectivity index (χ1) is 12.5. The maximum atomic E-state index is 12.5. The van der Waals surface area contributed by atoms with Gasteiger partial charge in [0, 0.05) is 38.1 Å². The lowest BCUT2D eigenvalue weighted by atomic mass is 10.1. The zero-order valence-corrected chi connectivity index (χ0v) is 16.0. The van der Waals surface area contributed by atoms with Crippen molar-refractivity contribution in [1.82, 2.24) is 14.8 Å². The summed E-state index contributed by atoms with van der Waals surface area (Å²) in [5.41, 5.74) is 1.00. The van der Waals surface area contributed by atoms with Crippen LogP contribution in [0.1, 0.15) is 12.1 Å². The van der Waals surface area contributed by atoms with E-state index in [0.29, 0.717) is 19.5 Å². The lowest BCUT2D eigenvalue weighted by Crippen LogP contribution is -2.50. The van der Waals surface area contributed by atoms with E-state index in [2.05, 4.69) is 9.88 Å². The smallest absolute Gasteiger partial charge is 0.226 e. The van der Waals surface area contributed by atoms with Gasteiger partial charge in [0.15, 0.2) is 20.6 Å².